The van der Waals surface area contributed by atoms with Gasteiger partial charge in [0.15, 0.2) is 0 Å². The lowest BCUT2D eigenvalue weighted by molar-refractivity contribution is 0.202. The Morgan fingerprint density at radius 1 is 1.30 bits per heavy atom. The summed E-state index contributed by atoms with van der Waals surface area (Å²) >= 11 is 0. The number of aryl methyl sites for hydroxylation is 1. The molecule has 3 nitrogen and oxygen atoms in total. The van der Waals surface area contributed by atoms with E-state index < -0.39 is 0 Å². The Bertz CT molecular complexity index is 415. The van der Waals surface area contributed by atoms with Gasteiger partial charge in [-0.1, -0.05) is 26.0 Å². The van der Waals surface area contributed by atoms with Gasteiger partial charge in [-0.3, -0.25) is 0 Å². The van der Waals surface area contributed by atoms with Crippen LogP contribution < -0.4 is 10.2 Å². The largest absolute Gasteiger partial charge is 0.383 e. The van der Waals surface area contributed by atoms with Gasteiger partial charge in [-0.15, -0.1) is 0 Å². The fraction of sp³-hybridized carbons (Fsp3) is 0.647. The highest BCUT2D eigenvalue weighted by atomic mass is 16.5. The van der Waals surface area contributed by atoms with Crippen LogP contribution in [-0.2, 0) is 11.2 Å². The van der Waals surface area contributed by atoms with Crippen LogP contribution in [0.25, 0.3) is 0 Å². The average Bonchev–Trinajstić information content (AvgIpc) is 2.51. The van der Waals surface area contributed by atoms with E-state index in [1.807, 2.05) is 0 Å². The van der Waals surface area contributed by atoms with Gasteiger partial charge in [-0.25, -0.2) is 0 Å². The van der Waals surface area contributed by atoms with Crippen LogP contribution in [-0.4, -0.2) is 32.8 Å². The molecule has 1 aromatic carbocycles. The minimum absolute atomic E-state index is 0.584. The first-order valence-corrected chi connectivity index (χ1v) is 7.93. The summed E-state index contributed by atoms with van der Waals surface area (Å²) in [5.74, 6) is 0. The highest BCUT2D eigenvalue weighted by molar-refractivity contribution is 5.75. The van der Waals surface area contributed by atoms with Crippen LogP contribution in [0.15, 0.2) is 18.2 Å². The molecule has 0 saturated carbocycles. The second-order valence-corrected chi connectivity index (χ2v) is 5.50. The predicted octanol–water partition coefficient (Wildman–Crippen LogP) is 3.69. The van der Waals surface area contributed by atoms with Gasteiger partial charge < -0.3 is 15.0 Å². The number of rotatable bonds is 7. The quantitative estimate of drug-likeness (QED) is 0.822. The Morgan fingerprint density at radius 2 is 2.10 bits per heavy atom. The van der Waals surface area contributed by atoms with Gasteiger partial charge in [-0.05, 0) is 37.3 Å². The van der Waals surface area contributed by atoms with E-state index in [-0.39, 0.29) is 0 Å². The Kier molecular flexibility index (Phi) is 5.72. The first-order chi connectivity index (χ1) is 9.81. The van der Waals surface area contributed by atoms with Crippen molar-refractivity contribution >= 4 is 11.4 Å². The second kappa shape index (κ2) is 7.53. The van der Waals surface area contributed by atoms with Crippen LogP contribution in [0.2, 0.25) is 0 Å². The summed E-state index contributed by atoms with van der Waals surface area (Å²) in [4.78, 5) is 2.53. The lowest BCUT2D eigenvalue weighted by Gasteiger charge is -2.35. The van der Waals surface area contributed by atoms with Crippen LogP contribution in [0.1, 0.15) is 38.7 Å². The van der Waals surface area contributed by atoms with Crippen LogP contribution in [0.4, 0.5) is 11.4 Å². The summed E-state index contributed by atoms with van der Waals surface area (Å²) in [6, 6.07) is 7.29. The molecule has 0 fully saturated rings. The molecule has 1 aromatic rings. The number of anilines is 2. The minimum atomic E-state index is 0.584. The summed E-state index contributed by atoms with van der Waals surface area (Å²) < 4.78 is 5.31. The maximum atomic E-state index is 5.31. The maximum Gasteiger partial charge on any atom is 0.0637 e. The van der Waals surface area contributed by atoms with Gasteiger partial charge in [0.25, 0.3) is 0 Å². The van der Waals surface area contributed by atoms with Gasteiger partial charge >= 0.3 is 0 Å². The van der Waals surface area contributed by atoms with Gasteiger partial charge in [0.2, 0.25) is 0 Å². The molecule has 0 atom stereocenters. The topological polar surface area (TPSA) is 24.5 Å². The van der Waals surface area contributed by atoms with Crippen molar-refractivity contribution in [3.63, 3.8) is 0 Å². The van der Waals surface area contributed by atoms with Crippen molar-refractivity contribution in [1.82, 2.24) is 0 Å². The number of benzene rings is 1. The van der Waals surface area contributed by atoms with E-state index in [2.05, 4.69) is 42.3 Å². The van der Waals surface area contributed by atoms with Crippen molar-refractivity contribution < 1.29 is 4.74 Å². The van der Waals surface area contributed by atoms with E-state index in [0.717, 1.165) is 19.7 Å². The summed E-state index contributed by atoms with van der Waals surface area (Å²) in [7, 11) is 1.78. The average molecular weight is 276 g/mol. The molecule has 1 N–H and O–H groups in total. The van der Waals surface area contributed by atoms with Crippen LogP contribution in [0.3, 0.4) is 0 Å². The number of ether oxygens (including phenoxy) is 1. The molecule has 2 rings (SSSR count). The molecule has 0 aromatic heterocycles. The van der Waals surface area contributed by atoms with Gasteiger partial charge in [0.1, 0.15) is 0 Å². The molecule has 0 unspecified atom stereocenters. The molecule has 0 radical (unpaired) electrons. The number of hydrogen-bond donors (Lipinski definition) is 1. The van der Waals surface area contributed by atoms with Crippen molar-refractivity contribution in [2.75, 3.05) is 37.0 Å². The third-order valence-electron chi connectivity index (χ3n) is 4.28. The third kappa shape index (κ3) is 3.26. The Balaban J connectivity index is 2.32. The first kappa shape index (κ1) is 15.2. The van der Waals surface area contributed by atoms with Crippen molar-refractivity contribution in [3.8, 4) is 0 Å². The number of nitrogens with one attached hydrogen (secondary N) is 1. The van der Waals surface area contributed by atoms with E-state index in [4.69, 9.17) is 4.74 Å². The molecular weight excluding hydrogens is 248 g/mol. The SMILES string of the molecule is CCC(CC)N(CCOC)c1cccc2c1NCCC2. The summed E-state index contributed by atoms with van der Waals surface area (Å²) in [6.07, 6.45) is 4.77. The first-order valence-electron chi connectivity index (χ1n) is 7.93. The summed E-state index contributed by atoms with van der Waals surface area (Å²) in [5.41, 5.74) is 4.16. The second-order valence-electron chi connectivity index (χ2n) is 5.50. The molecule has 0 saturated heterocycles. The Labute approximate surface area is 123 Å². The smallest absolute Gasteiger partial charge is 0.0637 e. The summed E-state index contributed by atoms with van der Waals surface area (Å²) in [5, 5.41) is 3.61. The zero-order chi connectivity index (χ0) is 14.4. The zero-order valence-electron chi connectivity index (χ0n) is 13.1. The summed E-state index contributed by atoms with van der Waals surface area (Å²) in [6.45, 7) is 7.37. The molecule has 20 heavy (non-hydrogen) atoms. The number of nitrogens with zero attached hydrogens (tertiary/aromatic N) is 1. The monoisotopic (exact) mass is 276 g/mol. The molecule has 0 amide bonds. The minimum Gasteiger partial charge on any atom is -0.383 e. The standard InChI is InChI=1S/C17H28N2O/c1-4-15(5-2)19(12-13-20-3)16-10-6-8-14-9-7-11-18-17(14)16/h6,8,10,15,18H,4-5,7,9,11-13H2,1-3H3. The van der Waals surface area contributed by atoms with E-state index >= 15 is 0 Å². The molecule has 3 heteroatoms. The van der Waals surface area contributed by atoms with E-state index in [1.165, 1.54) is 42.6 Å². The lowest BCUT2D eigenvalue weighted by atomic mass is 10.00. The van der Waals surface area contributed by atoms with E-state index in [1.54, 1.807) is 7.11 Å². The number of methoxy groups -OCH3 is 1. The Morgan fingerprint density at radius 3 is 2.80 bits per heavy atom. The van der Waals surface area contributed by atoms with Gasteiger partial charge in [0.05, 0.1) is 18.0 Å². The number of para-hydroxylation sites is 1. The van der Waals surface area contributed by atoms with Crippen molar-refractivity contribution in [3.05, 3.63) is 23.8 Å². The predicted molar refractivity (Wildman–Crippen MR) is 86.8 cm³/mol. The fourth-order valence-electron chi connectivity index (χ4n) is 3.15. The van der Waals surface area contributed by atoms with Crippen LogP contribution in [0, 0.1) is 0 Å². The molecule has 0 aliphatic carbocycles. The van der Waals surface area contributed by atoms with Crippen LogP contribution >= 0.6 is 0 Å². The number of fused-ring (bicyclic) bond motifs is 1. The molecule has 0 bridgehead atoms. The highest BCUT2D eigenvalue weighted by Gasteiger charge is 2.21. The zero-order valence-corrected chi connectivity index (χ0v) is 13.1. The Hall–Kier alpha value is -1.22. The van der Waals surface area contributed by atoms with Crippen molar-refractivity contribution in [2.45, 2.75) is 45.6 Å². The third-order valence-corrected chi connectivity index (χ3v) is 4.28. The molecular formula is C17H28N2O. The van der Waals surface area contributed by atoms with E-state index in [9.17, 15) is 0 Å². The highest BCUT2D eigenvalue weighted by Crippen LogP contribution is 2.34. The van der Waals surface area contributed by atoms with Crippen molar-refractivity contribution in [2.24, 2.45) is 0 Å². The van der Waals surface area contributed by atoms with Crippen molar-refractivity contribution in [1.29, 1.82) is 0 Å². The number of hydrogen-bond acceptors (Lipinski definition) is 3. The maximum absolute atomic E-state index is 5.31. The van der Waals surface area contributed by atoms with Gasteiger partial charge in [0, 0.05) is 26.2 Å². The normalized spacial score (nSPS) is 14.0. The molecule has 1 aliphatic rings. The van der Waals surface area contributed by atoms with Gasteiger partial charge in [-0.2, -0.15) is 0 Å². The molecule has 1 aliphatic heterocycles. The molecule has 1 heterocycles. The molecule has 0 spiro atoms. The van der Waals surface area contributed by atoms with E-state index in [0.29, 0.717) is 6.04 Å². The molecule has 112 valence electrons. The fourth-order valence-corrected chi connectivity index (χ4v) is 3.15. The van der Waals surface area contributed by atoms with Crippen LogP contribution in [0.5, 0.6) is 0 Å². The lowest BCUT2D eigenvalue weighted by Crippen LogP contribution is -2.38.